The zero-order chi connectivity index (χ0) is 22.4. The number of halogens is 2. The zero-order valence-corrected chi connectivity index (χ0v) is 19.5. The SMILES string of the molecule is O=C(C1=C(O)C(=O)N(c2cccc(Br)c2)C1c1cccnc1)c1cc2cc(Br)ccc2o1. The minimum Gasteiger partial charge on any atom is -0.503 e. The van der Waals surface area contributed by atoms with Crippen LogP contribution in [0.2, 0.25) is 0 Å². The Hall–Kier alpha value is -3.23. The first-order valence-corrected chi connectivity index (χ1v) is 11.2. The molecule has 1 unspecified atom stereocenters. The lowest BCUT2D eigenvalue weighted by atomic mass is 9.96. The van der Waals surface area contributed by atoms with Crippen molar-refractivity contribution < 1.29 is 19.1 Å². The first-order chi connectivity index (χ1) is 15.4. The van der Waals surface area contributed by atoms with Gasteiger partial charge in [-0.3, -0.25) is 19.5 Å². The molecule has 6 nitrogen and oxygen atoms in total. The number of rotatable bonds is 4. The van der Waals surface area contributed by atoms with Crippen LogP contribution in [0.5, 0.6) is 0 Å². The second-order valence-electron chi connectivity index (χ2n) is 7.23. The standard InChI is InChI=1S/C24H14Br2N2O4/c25-15-4-1-5-17(11-15)28-21(13-3-2-8-27-12-13)20(23(30)24(28)31)22(29)19-10-14-9-16(26)6-7-18(14)32-19/h1-12,21,30H. The van der Waals surface area contributed by atoms with Crippen LogP contribution in [0.3, 0.4) is 0 Å². The van der Waals surface area contributed by atoms with Crippen molar-refractivity contribution in [1.29, 1.82) is 0 Å². The summed E-state index contributed by atoms with van der Waals surface area (Å²) in [4.78, 5) is 32.2. The van der Waals surface area contributed by atoms with E-state index in [4.69, 9.17) is 4.42 Å². The number of pyridine rings is 1. The number of aliphatic hydroxyl groups is 1. The summed E-state index contributed by atoms with van der Waals surface area (Å²) < 4.78 is 7.36. The molecule has 0 bridgehead atoms. The van der Waals surface area contributed by atoms with Gasteiger partial charge in [0.15, 0.2) is 11.5 Å². The van der Waals surface area contributed by atoms with Crippen LogP contribution >= 0.6 is 31.9 Å². The minimum atomic E-state index is -0.863. The Morgan fingerprint density at radius 3 is 2.59 bits per heavy atom. The van der Waals surface area contributed by atoms with E-state index in [-0.39, 0.29) is 11.3 Å². The number of aromatic nitrogens is 1. The molecule has 0 saturated carbocycles. The molecule has 1 aliphatic rings. The molecule has 1 aliphatic heterocycles. The van der Waals surface area contributed by atoms with E-state index < -0.39 is 23.5 Å². The molecule has 1 atom stereocenters. The number of hydrogen-bond acceptors (Lipinski definition) is 5. The number of Topliss-reactive ketones (excluding diaryl/α,β-unsaturated/α-hetero) is 1. The molecule has 3 heterocycles. The molecule has 2 aromatic heterocycles. The first kappa shape index (κ1) is 20.7. The predicted octanol–water partition coefficient (Wildman–Crippen LogP) is 6.14. The maximum absolute atomic E-state index is 13.6. The number of fused-ring (bicyclic) bond motifs is 1. The van der Waals surface area contributed by atoms with Crippen LogP contribution in [0.15, 0.2) is 97.8 Å². The average molecular weight is 554 g/mol. The highest BCUT2D eigenvalue weighted by Crippen LogP contribution is 2.42. The molecule has 1 N–H and O–H groups in total. The summed E-state index contributed by atoms with van der Waals surface area (Å²) in [5, 5.41) is 11.6. The Labute approximate surface area is 199 Å². The van der Waals surface area contributed by atoms with Gasteiger partial charge in [0.1, 0.15) is 5.58 Å². The minimum absolute atomic E-state index is 0.0393. The van der Waals surface area contributed by atoms with Crippen LogP contribution in [-0.4, -0.2) is 21.8 Å². The van der Waals surface area contributed by atoms with E-state index in [0.29, 0.717) is 16.8 Å². The summed E-state index contributed by atoms with van der Waals surface area (Å²) in [6.07, 6.45) is 3.18. The van der Waals surface area contributed by atoms with Crippen molar-refractivity contribution in [1.82, 2.24) is 4.98 Å². The van der Waals surface area contributed by atoms with E-state index in [1.165, 1.54) is 4.90 Å². The maximum atomic E-state index is 13.6. The fourth-order valence-electron chi connectivity index (χ4n) is 3.84. The van der Waals surface area contributed by atoms with E-state index in [0.717, 1.165) is 14.3 Å². The Balaban J connectivity index is 1.66. The van der Waals surface area contributed by atoms with Crippen molar-refractivity contribution in [2.75, 3.05) is 4.90 Å². The fraction of sp³-hybridized carbons (Fsp3) is 0.0417. The van der Waals surface area contributed by atoms with Gasteiger partial charge in [-0.05, 0) is 54.1 Å². The molecule has 32 heavy (non-hydrogen) atoms. The van der Waals surface area contributed by atoms with Gasteiger partial charge in [-0.2, -0.15) is 0 Å². The Morgan fingerprint density at radius 2 is 1.84 bits per heavy atom. The Morgan fingerprint density at radius 1 is 1.03 bits per heavy atom. The van der Waals surface area contributed by atoms with E-state index >= 15 is 0 Å². The topological polar surface area (TPSA) is 83.6 Å². The molecule has 4 aromatic rings. The van der Waals surface area contributed by atoms with Crippen LogP contribution in [0.25, 0.3) is 11.0 Å². The van der Waals surface area contributed by atoms with E-state index in [9.17, 15) is 14.7 Å². The Bertz CT molecular complexity index is 1410. The summed E-state index contributed by atoms with van der Waals surface area (Å²) in [5.41, 5.74) is 1.59. The summed E-state index contributed by atoms with van der Waals surface area (Å²) in [6, 6.07) is 16.7. The fourth-order valence-corrected chi connectivity index (χ4v) is 4.61. The number of amides is 1. The van der Waals surface area contributed by atoms with Crippen molar-refractivity contribution in [2.24, 2.45) is 0 Å². The van der Waals surface area contributed by atoms with Gasteiger partial charge in [0.05, 0.1) is 11.6 Å². The lowest BCUT2D eigenvalue weighted by molar-refractivity contribution is -0.117. The molecular weight excluding hydrogens is 540 g/mol. The van der Waals surface area contributed by atoms with Crippen LogP contribution in [0.1, 0.15) is 22.2 Å². The van der Waals surface area contributed by atoms with Gasteiger partial charge in [-0.15, -0.1) is 0 Å². The van der Waals surface area contributed by atoms with Gasteiger partial charge in [-0.1, -0.05) is 44.0 Å². The number of furan rings is 1. The zero-order valence-electron chi connectivity index (χ0n) is 16.3. The summed E-state index contributed by atoms with van der Waals surface area (Å²) in [7, 11) is 0. The highest BCUT2D eigenvalue weighted by Gasteiger charge is 2.45. The smallest absolute Gasteiger partial charge is 0.294 e. The van der Waals surface area contributed by atoms with Gasteiger partial charge >= 0.3 is 0 Å². The molecule has 5 rings (SSSR count). The van der Waals surface area contributed by atoms with Gasteiger partial charge in [0.25, 0.3) is 5.91 Å². The largest absolute Gasteiger partial charge is 0.503 e. The van der Waals surface area contributed by atoms with Crippen LogP contribution in [-0.2, 0) is 4.79 Å². The van der Waals surface area contributed by atoms with E-state index in [1.54, 1.807) is 54.9 Å². The molecule has 2 aromatic carbocycles. The molecule has 0 radical (unpaired) electrons. The van der Waals surface area contributed by atoms with Crippen molar-refractivity contribution in [3.8, 4) is 0 Å². The van der Waals surface area contributed by atoms with Crippen LogP contribution in [0, 0.1) is 0 Å². The van der Waals surface area contributed by atoms with Gasteiger partial charge in [-0.25, -0.2) is 0 Å². The van der Waals surface area contributed by atoms with E-state index in [1.807, 2.05) is 18.2 Å². The molecule has 0 spiro atoms. The number of aliphatic hydroxyl groups excluding tert-OH is 1. The number of hydrogen-bond donors (Lipinski definition) is 1. The maximum Gasteiger partial charge on any atom is 0.294 e. The number of benzene rings is 2. The van der Waals surface area contributed by atoms with Crippen molar-refractivity contribution in [3.05, 3.63) is 105 Å². The summed E-state index contributed by atoms with van der Waals surface area (Å²) in [5.74, 6) is -1.79. The molecule has 0 fully saturated rings. The van der Waals surface area contributed by atoms with Gasteiger partial charge in [0.2, 0.25) is 5.78 Å². The summed E-state index contributed by atoms with van der Waals surface area (Å²) in [6.45, 7) is 0. The normalized spacial score (nSPS) is 16.2. The van der Waals surface area contributed by atoms with E-state index in [2.05, 4.69) is 36.8 Å². The molecule has 8 heteroatoms. The molecular formula is C24H14Br2N2O4. The molecule has 1 amide bonds. The number of carbonyl (C=O) groups is 2. The highest BCUT2D eigenvalue weighted by atomic mass is 79.9. The third kappa shape index (κ3) is 3.45. The lowest BCUT2D eigenvalue weighted by Crippen LogP contribution is -2.31. The molecule has 158 valence electrons. The second-order valence-corrected chi connectivity index (χ2v) is 9.06. The first-order valence-electron chi connectivity index (χ1n) is 9.60. The quantitative estimate of drug-likeness (QED) is 0.307. The number of carbonyl (C=O) groups excluding carboxylic acids is 2. The second kappa shape index (κ2) is 8.03. The molecule has 0 aliphatic carbocycles. The molecule has 0 saturated heterocycles. The monoisotopic (exact) mass is 552 g/mol. The Kier molecular flexibility index (Phi) is 5.19. The van der Waals surface area contributed by atoms with Gasteiger partial charge < -0.3 is 9.52 Å². The summed E-state index contributed by atoms with van der Waals surface area (Å²) >= 11 is 6.82. The van der Waals surface area contributed by atoms with Crippen LogP contribution < -0.4 is 4.90 Å². The highest BCUT2D eigenvalue weighted by molar-refractivity contribution is 9.10. The average Bonchev–Trinajstić information content (AvgIpc) is 3.32. The number of nitrogens with zero attached hydrogens (tertiary/aromatic N) is 2. The third-order valence-electron chi connectivity index (χ3n) is 5.24. The number of anilines is 1. The lowest BCUT2D eigenvalue weighted by Gasteiger charge is -2.26. The van der Waals surface area contributed by atoms with Crippen molar-refractivity contribution >= 4 is 60.2 Å². The number of ketones is 1. The van der Waals surface area contributed by atoms with Crippen LogP contribution in [0.4, 0.5) is 5.69 Å². The predicted molar refractivity (Wildman–Crippen MR) is 127 cm³/mol. The van der Waals surface area contributed by atoms with Gasteiger partial charge in [0, 0.05) is 32.4 Å². The van der Waals surface area contributed by atoms with Crippen molar-refractivity contribution in [2.45, 2.75) is 6.04 Å². The van der Waals surface area contributed by atoms with Crippen molar-refractivity contribution in [3.63, 3.8) is 0 Å². The third-order valence-corrected chi connectivity index (χ3v) is 6.23.